The molecule has 6 nitrogen and oxygen atoms in total. The average Bonchev–Trinajstić information content (AvgIpc) is 3.15. The van der Waals surface area contributed by atoms with E-state index < -0.39 is 11.8 Å². The second-order valence-electron chi connectivity index (χ2n) is 8.05. The molecule has 1 amide bonds. The van der Waals surface area contributed by atoms with E-state index in [0.29, 0.717) is 34.4 Å². The van der Waals surface area contributed by atoms with Gasteiger partial charge in [-0.15, -0.1) is 0 Å². The molecule has 0 unspecified atom stereocenters. The van der Waals surface area contributed by atoms with E-state index in [1.165, 1.54) is 12.1 Å². The van der Waals surface area contributed by atoms with E-state index in [1.54, 1.807) is 28.9 Å². The van der Waals surface area contributed by atoms with Crippen LogP contribution in [0.4, 0.5) is 10.1 Å². The highest BCUT2D eigenvalue weighted by molar-refractivity contribution is 6.06. The lowest BCUT2D eigenvalue weighted by atomic mass is 10.1. The fraction of sp³-hybridized carbons (Fsp3) is 0.0741. The molecule has 0 saturated carbocycles. The van der Waals surface area contributed by atoms with E-state index in [-0.39, 0.29) is 12.3 Å². The number of hydrogen-bond donors (Lipinski definition) is 2. The van der Waals surface area contributed by atoms with Crippen LogP contribution in [0.25, 0.3) is 21.7 Å². The van der Waals surface area contributed by atoms with Gasteiger partial charge in [0.25, 0.3) is 5.91 Å². The summed E-state index contributed by atoms with van der Waals surface area (Å²) in [5.74, 6) is -1.62. The Kier molecular flexibility index (Phi) is 5.51. The summed E-state index contributed by atoms with van der Waals surface area (Å²) in [6.07, 6.45) is -0.241. The molecule has 7 heteroatoms. The highest BCUT2D eigenvalue weighted by Gasteiger charge is 2.14. The van der Waals surface area contributed by atoms with Gasteiger partial charge in [-0.2, -0.15) is 5.10 Å². The van der Waals surface area contributed by atoms with E-state index in [0.717, 1.165) is 16.3 Å². The Bertz CT molecular complexity index is 1540. The predicted octanol–water partition coefficient (Wildman–Crippen LogP) is 5.26. The second kappa shape index (κ2) is 8.78. The monoisotopic (exact) mass is 453 g/mol. The first kappa shape index (κ1) is 21.3. The van der Waals surface area contributed by atoms with Crippen molar-refractivity contribution < 1.29 is 19.1 Å². The number of carbonyl (C=O) groups excluding carboxylic acids is 1. The van der Waals surface area contributed by atoms with Crippen molar-refractivity contribution in [3.63, 3.8) is 0 Å². The van der Waals surface area contributed by atoms with Gasteiger partial charge in [-0.3, -0.25) is 14.3 Å². The fourth-order valence-corrected chi connectivity index (χ4v) is 4.01. The zero-order chi connectivity index (χ0) is 23.7. The SMILES string of the molecule is O=C(O)Cc1nn(Cc2ccc(NC(=O)c3ccc4ccccc4c3)cc2)c2cc(F)ccc12. The summed E-state index contributed by atoms with van der Waals surface area (Å²) >= 11 is 0. The summed E-state index contributed by atoms with van der Waals surface area (Å²) in [6, 6.07) is 24.9. The lowest BCUT2D eigenvalue weighted by Crippen LogP contribution is -2.12. The summed E-state index contributed by atoms with van der Waals surface area (Å²) in [7, 11) is 0. The largest absolute Gasteiger partial charge is 0.481 e. The number of carbonyl (C=O) groups is 2. The molecule has 0 bridgehead atoms. The van der Waals surface area contributed by atoms with Crippen LogP contribution in [0.3, 0.4) is 0 Å². The third kappa shape index (κ3) is 4.36. The standard InChI is InChI=1S/C27H20FN3O3/c28-21-9-12-23-24(15-26(32)33)30-31(25(23)14-21)16-17-5-10-22(11-6-17)29-27(34)20-8-7-18-3-1-2-4-19(18)13-20/h1-14H,15-16H2,(H,29,34)(H,32,33). The Morgan fingerprint density at radius 2 is 1.68 bits per heavy atom. The number of hydrogen-bond acceptors (Lipinski definition) is 3. The molecule has 168 valence electrons. The van der Waals surface area contributed by atoms with E-state index in [1.807, 2.05) is 48.5 Å². The van der Waals surface area contributed by atoms with Crippen LogP contribution < -0.4 is 5.32 Å². The van der Waals surface area contributed by atoms with Crippen molar-refractivity contribution in [2.24, 2.45) is 0 Å². The highest BCUT2D eigenvalue weighted by atomic mass is 19.1. The summed E-state index contributed by atoms with van der Waals surface area (Å²) in [4.78, 5) is 23.9. The number of carboxylic acid groups (broad SMARTS) is 1. The third-order valence-electron chi connectivity index (χ3n) is 5.66. The van der Waals surface area contributed by atoms with Crippen molar-refractivity contribution >= 4 is 39.2 Å². The smallest absolute Gasteiger partial charge is 0.309 e. The number of aliphatic carboxylic acids is 1. The van der Waals surface area contributed by atoms with Gasteiger partial charge in [0.1, 0.15) is 5.82 Å². The Balaban J connectivity index is 1.34. The van der Waals surface area contributed by atoms with Crippen LogP contribution in [0, 0.1) is 5.82 Å². The molecule has 0 saturated heterocycles. The number of fused-ring (bicyclic) bond motifs is 2. The molecule has 0 atom stereocenters. The number of nitrogens with one attached hydrogen (secondary N) is 1. The van der Waals surface area contributed by atoms with Gasteiger partial charge in [0.15, 0.2) is 0 Å². The van der Waals surface area contributed by atoms with Crippen molar-refractivity contribution in [2.45, 2.75) is 13.0 Å². The van der Waals surface area contributed by atoms with Crippen LogP contribution in [-0.4, -0.2) is 26.8 Å². The van der Waals surface area contributed by atoms with Crippen molar-refractivity contribution in [1.29, 1.82) is 0 Å². The normalized spacial score (nSPS) is 11.1. The Morgan fingerprint density at radius 3 is 2.44 bits per heavy atom. The molecule has 2 N–H and O–H groups in total. The summed E-state index contributed by atoms with van der Waals surface area (Å²) < 4.78 is 15.4. The number of carboxylic acids is 1. The predicted molar refractivity (Wildman–Crippen MR) is 128 cm³/mol. The zero-order valence-corrected chi connectivity index (χ0v) is 18.0. The summed E-state index contributed by atoms with van der Waals surface area (Å²) in [5.41, 5.74) is 3.01. The highest BCUT2D eigenvalue weighted by Crippen LogP contribution is 2.22. The van der Waals surface area contributed by atoms with Gasteiger partial charge in [0.05, 0.1) is 24.2 Å². The molecular weight excluding hydrogens is 433 g/mol. The van der Waals surface area contributed by atoms with Crippen LogP contribution in [0.1, 0.15) is 21.6 Å². The molecule has 4 aromatic carbocycles. The van der Waals surface area contributed by atoms with E-state index in [9.17, 15) is 14.0 Å². The maximum absolute atomic E-state index is 13.8. The van der Waals surface area contributed by atoms with Crippen molar-refractivity contribution in [2.75, 3.05) is 5.32 Å². The summed E-state index contributed by atoms with van der Waals surface area (Å²) in [6.45, 7) is 0.332. The van der Waals surface area contributed by atoms with Gasteiger partial charge in [-0.1, -0.05) is 42.5 Å². The van der Waals surface area contributed by atoms with E-state index in [4.69, 9.17) is 5.11 Å². The Hall–Kier alpha value is -4.52. The fourth-order valence-electron chi connectivity index (χ4n) is 4.01. The molecule has 0 aliphatic rings. The van der Waals surface area contributed by atoms with Gasteiger partial charge in [0, 0.05) is 16.6 Å². The minimum Gasteiger partial charge on any atom is -0.481 e. The van der Waals surface area contributed by atoms with Gasteiger partial charge in [-0.05, 0) is 58.8 Å². The average molecular weight is 453 g/mol. The first-order chi connectivity index (χ1) is 16.5. The second-order valence-corrected chi connectivity index (χ2v) is 8.05. The lowest BCUT2D eigenvalue weighted by molar-refractivity contribution is -0.136. The zero-order valence-electron chi connectivity index (χ0n) is 18.0. The van der Waals surface area contributed by atoms with Gasteiger partial charge in [-0.25, -0.2) is 4.39 Å². The molecule has 5 aromatic rings. The molecule has 1 aromatic heterocycles. The maximum atomic E-state index is 13.8. The number of benzene rings is 4. The van der Waals surface area contributed by atoms with Crippen LogP contribution in [0.15, 0.2) is 84.9 Å². The Morgan fingerprint density at radius 1 is 0.912 bits per heavy atom. The Labute approximate surface area is 194 Å². The number of aromatic nitrogens is 2. The minimum atomic E-state index is -0.998. The van der Waals surface area contributed by atoms with Crippen molar-refractivity contribution in [3.05, 3.63) is 108 Å². The van der Waals surface area contributed by atoms with Gasteiger partial charge < -0.3 is 10.4 Å². The number of nitrogens with zero attached hydrogens (tertiary/aromatic N) is 2. The molecule has 0 aliphatic heterocycles. The van der Waals surface area contributed by atoms with Crippen LogP contribution in [-0.2, 0) is 17.8 Å². The number of amides is 1. The van der Waals surface area contributed by atoms with E-state index in [2.05, 4.69) is 10.4 Å². The summed E-state index contributed by atoms with van der Waals surface area (Å²) in [5, 5.41) is 19.1. The third-order valence-corrected chi connectivity index (χ3v) is 5.66. The van der Waals surface area contributed by atoms with Crippen LogP contribution >= 0.6 is 0 Å². The molecule has 34 heavy (non-hydrogen) atoms. The first-order valence-electron chi connectivity index (χ1n) is 10.7. The molecule has 0 radical (unpaired) electrons. The molecule has 5 rings (SSSR count). The number of anilines is 1. The van der Waals surface area contributed by atoms with Crippen LogP contribution in [0.5, 0.6) is 0 Å². The minimum absolute atomic E-state index is 0.203. The lowest BCUT2D eigenvalue weighted by Gasteiger charge is -2.08. The maximum Gasteiger partial charge on any atom is 0.309 e. The topological polar surface area (TPSA) is 84.2 Å². The van der Waals surface area contributed by atoms with Crippen molar-refractivity contribution in [1.82, 2.24) is 9.78 Å². The quantitative estimate of drug-likeness (QED) is 0.368. The molecule has 1 heterocycles. The molecule has 0 spiro atoms. The van der Waals surface area contributed by atoms with Crippen LogP contribution in [0.2, 0.25) is 0 Å². The van der Waals surface area contributed by atoms with Gasteiger partial charge >= 0.3 is 5.97 Å². The first-order valence-corrected chi connectivity index (χ1v) is 10.7. The van der Waals surface area contributed by atoms with Crippen molar-refractivity contribution in [3.8, 4) is 0 Å². The van der Waals surface area contributed by atoms with Gasteiger partial charge in [0.2, 0.25) is 0 Å². The molecular formula is C27H20FN3O3. The number of halogens is 1. The molecule has 0 fully saturated rings. The number of rotatable bonds is 6. The molecule has 0 aliphatic carbocycles. The van der Waals surface area contributed by atoms with E-state index >= 15 is 0 Å².